The Balaban J connectivity index is 1.72. The first kappa shape index (κ1) is 11.4. The fourth-order valence-electron chi connectivity index (χ4n) is 2.30. The summed E-state index contributed by atoms with van der Waals surface area (Å²) in [6.45, 7) is 3.14. The average molecular weight is 312 g/mol. The molecular weight excluding hydrogens is 298 g/mol. The van der Waals surface area contributed by atoms with Gasteiger partial charge in [-0.05, 0) is 28.1 Å². The second kappa shape index (κ2) is 4.55. The standard InChI is InChI=1S/C12H14BrN3S/c1-15-8-14-10-7-16(5-4-11(10)15)6-9-2-3-12(13)17-9/h2-3,8H,4-7H2,1H3. The van der Waals surface area contributed by atoms with Crippen molar-refractivity contribution in [2.75, 3.05) is 6.54 Å². The van der Waals surface area contributed by atoms with Crippen LogP contribution in [0.2, 0.25) is 0 Å². The summed E-state index contributed by atoms with van der Waals surface area (Å²) in [5, 5.41) is 0. The maximum atomic E-state index is 4.47. The topological polar surface area (TPSA) is 21.1 Å². The highest BCUT2D eigenvalue weighted by atomic mass is 79.9. The molecule has 0 saturated heterocycles. The van der Waals surface area contributed by atoms with Gasteiger partial charge in [0.15, 0.2) is 0 Å². The largest absolute Gasteiger partial charge is 0.337 e. The van der Waals surface area contributed by atoms with E-state index in [4.69, 9.17) is 0 Å². The van der Waals surface area contributed by atoms with E-state index in [9.17, 15) is 0 Å². The minimum Gasteiger partial charge on any atom is -0.337 e. The molecule has 0 amide bonds. The Kier molecular flexibility index (Phi) is 3.06. The zero-order valence-corrected chi connectivity index (χ0v) is 12.1. The quantitative estimate of drug-likeness (QED) is 0.850. The summed E-state index contributed by atoms with van der Waals surface area (Å²) in [7, 11) is 2.08. The second-order valence-electron chi connectivity index (χ2n) is 4.42. The van der Waals surface area contributed by atoms with Gasteiger partial charge in [0, 0.05) is 43.7 Å². The van der Waals surface area contributed by atoms with E-state index in [2.05, 4.69) is 49.6 Å². The predicted octanol–water partition coefficient (Wildman–Crippen LogP) is 2.80. The lowest BCUT2D eigenvalue weighted by Gasteiger charge is -2.26. The van der Waals surface area contributed by atoms with Crippen molar-refractivity contribution in [3.8, 4) is 0 Å². The molecule has 0 radical (unpaired) electrons. The van der Waals surface area contributed by atoms with E-state index >= 15 is 0 Å². The van der Waals surface area contributed by atoms with Crippen LogP contribution in [0.25, 0.3) is 0 Å². The molecule has 5 heteroatoms. The number of nitrogens with zero attached hydrogens (tertiary/aromatic N) is 3. The highest BCUT2D eigenvalue weighted by Crippen LogP contribution is 2.25. The van der Waals surface area contributed by atoms with Crippen LogP contribution in [-0.2, 0) is 26.6 Å². The van der Waals surface area contributed by atoms with Crippen molar-refractivity contribution < 1.29 is 0 Å². The van der Waals surface area contributed by atoms with Crippen molar-refractivity contribution in [2.24, 2.45) is 7.05 Å². The van der Waals surface area contributed by atoms with Crippen molar-refractivity contribution in [1.29, 1.82) is 0 Å². The molecule has 0 fully saturated rings. The molecule has 3 nitrogen and oxygen atoms in total. The van der Waals surface area contributed by atoms with Crippen LogP contribution in [0.1, 0.15) is 16.3 Å². The lowest BCUT2D eigenvalue weighted by molar-refractivity contribution is 0.242. The molecule has 2 aromatic heterocycles. The number of halogens is 1. The number of fused-ring (bicyclic) bond motifs is 1. The van der Waals surface area contributed by atoms with Crippen molar-refractivity contribution in [2.45, 2.75) is 19.5 Å². The normalized spacial score (nSPS) is 16.1. The average Bonchev–Trinajstić information content (AvgIpc) is 2.87. The van der Waals surface area contributed by atoms with E-state index in [0.717, 1.165) is 26.1 Å². The first-order valence-electron chi connectivity index (χ1n) is 5.68. The summed E-state index contributed by atoms with van der Waals surface area (Å²) < 4.78 is 3.36. The van der Waals surface area contributed by atoms with Crippen molar-refractivity contribution in [3.63, 3.8) is 0 Å². The molecule has 1 aliphatic rings. The SMILES string of the molecule is Cn1cnc2c1CCN(Cc1ccc(Br)s1)C2. The van der Waals surface area contributed by atoms with Gasteiger partial charge in [-0.15, -0.1) is 11.3 Å². The van der Waals surface area contributed by atoms with Crippen LogP contribution >= 0.6 is 27.3 Å². The third-order valence-electron chi connectivity index (χ3n) is 3.19. The fourth-order valence-corrected chi connectivity index (χ4v) is 3.83. The third-order valence-corrected chi connectivity index (χ3v) is 4.80. The molecule has 0 aliphatic carbocycles. The van der Waals surface area contributed by atoms with Crippen molar-refractivity contribution >= 4 is 27.3 Å². The summed E-state index contributed by atoms with van der Waals surface area (Å²) in [5.74, 6) is 0. The molecule has 2 aromatic rings. The van der Waals surface area contributed by atoms with Gasteiger partial charge in [-0.25, -0.2) is 4.98 Å². The smallest absolute Gasteiger partial charge is 0.0949 e. The van der Waals surface area contributed by atoms with E-state index in [1.165, 1.54) is 20.1 Å². The maximum Gasteiger partial charge on any atom is 0.0949 e. The van der Waals surface area contributed by atoms with Crippen LogP contribution in [-0.4, -0.2) is 21.0 Å². The van der Waals surface area contributed by atoms with Crippen molar-refractivity contribution in [1.82, 2.24) is 14.5 Å². The zero-order chi connectivity index (χ0) is 11.8. The van der Waals surface area contributed by atoms with Crippen LogP contribution in [0, 0.1) is 0 Å². The summed E-state index contributed by atoms with van der Waals surface area (Å²) in [4.78, 5) is 8.35. The molecule has 0 aromatic carbocycles. The number of hydrogen-bond acceptors (Lipinski definition) is 3. The van der Waals surface area contributed by atoms with Gasteiger partial charge in [0.05, 0.1) is 15.8 Å². The van der Waals surface area contributed by atoms with Crippen LogP contribution in [0.15, 0.2) is 22.2 Å². The zero-order valence-electron chi connectivity index (χ0n) is 9.69. The summed E-state index contributed by atoms with van der Waals surface area (Å²) in [6.07, 6.45) is 3.04. The van der Waals surface area contributed by atoms with E-state index in [0.29, 0.717) is 0 Å². The second-order valence-corrected chi connectivity index (χ2v) is 6.96. The monoisotopic (exact) mass is 311 g/mol. The Morgan fingerprint density at radius 2 is 2.35 bits per heavy atom. The minimum absolute atomic E-state index is 0.978. The third kappa shape index (κ3) is 2.32. The number of thiophene rings is 1. The van der Waals surface area contributed by atoms with Gasteiger partial charge in [-0.2, -0.15) is 0 Å². The highest BCUT2D eigenvalue weighted by molar-refractivity contribution is 9.11. The molecule has 0 bridgehead atoms. The lowest BCUT2D eigenvalue weighted by atomic mass is 10.1. The Hall–Kier alpha value is -0.650. The predicted molar refractivity (Wildman–Crippen MR) is 73.0 cm³/mol. The van der Waals surface area contributed by atoms with Crippen LogP contribution < -0.4 is 0 Å². The molecule has 0 N–H and O–H groups in total. The molecule has 3 rings (SSSR count). The molecule has 0 atom stereocenters. The number of imidazole rings is 1. The number of rotatable bonds is 2. The molecule has 1 aliphatic heterocycles. The van der Waals surface area contributed by atoms with E-state index in [1.807, 2.05) is 17.7 Å². The molecule has 0 saturated carbocycles. The van der Waals surface area contributed by atoms with Crippen LogP contribution in [0.3, 0.4) is 0 Å². The number of hydrogen-bond donors (Lipinski definition) is 0. The van der Waals surface area contributed by atoms with Gasteiger partial charge in [0.2, 0.25) is 0 Å². The molecule has 90 valence electrons. The van der Waals surface area contributed by atoms with E-state index < -0.39 is 0 Å². The van der Waals surface area contributed by atoms with Gasteiger partial charge < -0.3 is 4.57 Å². The van der Waals surface area contributed by atoms with Gasteiger partial charge in [0.1, 0.15) is 0 Å². The lowest BCUT2D eigenvalue weighted by Crippen LogP contribution is -2.30. The maximum absolute atomic E-state index is 4.47. The van der Waals surface area contributed by atoms with E-state index in [-0.39, 0.29) is 0 Å². The first-order chi connectivity index (χ1) is 8.22. The highest BCUT2D eigenvalue weighted by Gasteiger charge is 2.20. The van der Waals surface area contributed by atoms with Gasteiger partial charge in [0.25, 0.3) is 0 Å². The number of aryl methyl sites for hydroxylation is 1. The van der Waals surface area contributed by atoms with Crippen LogP contribution in [0.5, 0.6) is 0 Å². The van der Waals surface area contributed by atoms with Crippen LogP contribution in [0.4, 0.5) is 0 Å². The summed E-state index contributed by atoms with van der Waals surface area (Å²) >= 11 is 5.33. The Morgan fingerprint density at radius 1 is 1.47 bits per heavy atom. The minimum atomic E-state index is 0.978. The molecule has 17 heavy (non-hydrogen) atoms. The molecular formula is C12H14BrN3S. The summed E-state index contributed by atoms with van der Waals surface area (Å²) in [6, 6.07) is 4.32. The van der Waals surface area contributed by atoms with Gasteiger partial charge >= 0.3 is 0 Å². The first-order valence-corrected chi connectivity index (χ1v) is 7.29. The van der Waals surface area contributed by atoms with E-state index in [1.54, 1.807) is 0 Å². The van der Waals surface area contributed by atoms with Gasteiger partial charge in [-0.1, -0.05) is 0 Å². The van der Waals surface area contributed by atoms with Crippen molar-refractivity contribution in [3.05, 3.63) is 38.5 Å². The molecule has 0 unspecified atom stereocenters. The number of aromatic nitrogens is 2. The van der Waals surface area contributed by atoms with Gasteiger partial charge in [-0.3, -0.25) is 4.90 Å². The Bertz CT molecular complexity index is 532. The molecule has 3 heterocycles. The Labute approximate surface area is 113 Å². The molecule has 0 spiro atoms. The Morgan fingerprint density at radius 3 is 3.12 bits per heavy atom. The summed E-state index contributed by atoms with van der Waals surface area (Å²) in [5.41, 5.74) is 2.64. The fraction of sp³-hybridized carbons (Fsp3) is 0.417.